The minimum Gasteiger partial charge on any atom is -0.367 e. The molecular formula is C51H79F3N6. The summed E-state index contributed by atoms with van der Waals surface area (Å²) >= 11 is 0. The Balaban J connectivity index is 0.00000128. The zero-order chi connectivity index (χ0) is 45.0. The Morgan fingerprint density at radius 3 is 2.20 bits per heavy atom. The van der Waals surface area contributed by atoms with Crippen molar-refractivity contribution in [2.45, 2.75) is 138 Å². The maximum absolute atomic E-state index is 14.6. The quantitative estimate of drug-likeness (QED) is 0.110. The van der Waals surface area contributed by atoms with E-state index in [4.69, 9.17) is 10.7 Å². The predicted octanol–water partition coefficient (Wildman–Crippen LogP) is 13.0. The van der Waals surface area contributed by atoms with Crippen molar-refractivity contribution in [3.8, 4) is 22.4 Å². The first-order valence-electron chi connectivity index (χ1n) is 22.4. The number of alkyl halides is 3. The fourth-order valence-corrected chi connectivity index (χ4v) is 8.38. The average molecular weight is 833 g/mol. The lowest BCUT2D eigenvalue weighted by atomic mass is 9.85. The molecule has 0 bridgehead atoms. The van der Waals surface area contributed by atoms with Crippen LogP contribution in [-0.2, 0) is 19.4 Å². The van der Waals surface area contributed by atoms with Crippen molar-refractivity contribution in [3.63, 3.8) is 0 Å². The molecule has 6 nitrogen and oxygen atoms in total. The number of aromatic nitrogens is 2. The lowest BCUT2D eigenvalue weighted by molar-refractivity contribution is -0.139. The highest BCUT2D eigenvalue weighted by atomic mass is 19.4. The summed E-state index contributed by atoms with van der Waals surface area (Å²) in [6.07, 6.45) is 9.13. The van der Waals surface area contributed by atoms with Gasteiger partial charge in [0.15, 0.2) is 0 Å². The van der Waals surface area contributed by atoms with E-state index in [-0.39, 0.29) is 11.3 Å². The Kier molecular flexibility index (Phi) is 22.4. The summed E-state index contributed by atoms with van der Waals surface area (Å²) in [5.41, 5.74) is 18.3. The van der Waals surface area contributed by atoms with Gasteiger partial charge in [0.25, 0.3) is 0 Å². The van der Waals surface area contributed by atoms with Gasteiger partial charge in [0.1, 0.15) is 6.54 Å². The number of nitrogens with two attached hydrogens (primary N) is 2. The normalized spacial score (nSPS) is 15.3. The number of nitrogens with zero attached hydrogens (tertiary/aromatic N) is 4. The number of unbranched alkanes of at least 4 members (excludes halogenated alkanes) is 3. The van der Waals surface area contributed by atoms with E-state index in [0.29, 0.717) is 23.7 Å². The van der Waals surface area contributed by atoms with E-state index in [1.807, 2.05) is 39.1 Å². The third kappa shape index (κ3) is 14.9. The van der Waals surface area contributed by atoms with Gasteiger partial charge in [-0.1, -0.05) is 104 Å². The number of hydrogen-bond donors (Lipinski definition) is 2. The van der Waals surface area contributed by atoms with Crippen LogP contribution in [0.3, 0.4) is 0 Å². The Bertz CT molecular complexity index is 1850. The number of anilines is 1. The summed E-state index contributed by atoms with van der Waals surface area (Å²) in [5, 5.41) is 0.893. The monoisotopic (exact) mass is 833 g/mol. The number of benzene rings is 2. The molecule has 4 N–H and O–H groups in total. The Morgan fingerprint density at radius 2 is 1.57 bits per heavy atom. The SMILES string of the molecule is C=C.C=CC.CC.CC(C)c1ncc(N2CCN3CCCCC3C2)cc1-c1c(CC(C)(C)C)c2cc(-c3cccc(CCCCCCN)c3)ccc2n1CC(F)(F)F.CN. The summed E-state index contributed by atoms with van der Waals surface area (Å²) in [6, 6.07) is 17.4. The summed E-state index contributed by atoms with van der Waals surface area (Å²) in [4.78, 5) is 10.1. The van der Waals surface area contributed by atoms with Gasteiger partial charge in [0, 0.05) is 42.1 Å². The summed E-state index contributed by atoms with van der Waals surface area (Å²) in [7, 11) is 1.50. The van der Waals surface area contributed by atoms with Crippen molar-refractivity contribution in [2.75, 3.05) is 44.7 Å². The van der Waals surface area contributed by atoms with Crippen LogP contribution in [0.25, 0.3) is 33.3 Å². The molecule has 0 saturated carbocycles. The number of aryl methyl sites for hydroxylation is 1. The molecule has 2 aliphatic rings. The van der Waals surface area contributed by atoms with Crippen LogP contribution < -0.4 is 16.4 Å². The van der Waals surface area contributed by atoms with E-state index in [1.165, 1.54) is 31.9 Å². The lowest BCUT2D eigenvalue weighted by Gasteiger charge is -2.45. The highest BCUT2D eigenvalue weighted by Gasteiger charge is 2.35. The fraction of sp³-hybridized carbons (Fsp3) is 0.549. The van der Waals surface area contributed by atoms with E-state index >= 15 is 0 Å². The van der Waals surface area contributed by atoms with Gasteiger partial charge in [-0.3, -0.25) is 9.88 Å². The first-order chi connectivity index (χ1) is 28.7. The largest absolute Gasteiger partial charge is 0.406 e. The van der Waals surface area contributed by atoms with Crippen molar-refractivity contribution in [2.24, 2.45) is 16.9 Å². The average Bonchev–Trinajstić information content (AvgIpc) is 3.51. The van der Waals surface area contributed by atoms with E-state index in [2.05, 4.69) is 106 Å². The number of rotatable bonds is 12. The highest BCUT2D eigenvalue weighted by molar-refractivity contribution is 5.95. The highest BCUT2D eigenvalue weighted by Crippen LogP contribution is 2.44. The van der Waals surface area contributed by atoms with Gasteiger partial charge < -0.3 is 20.9 Å². The molecular weight excluding hydrogens is 754 g/mol. The number of halogens is 3. The minimum absolute atomic E-state index is 0.0395. The van der Waals surface area contributed by atoms with Gasteiger partial charge in [0.2, 0.25) is 0 Å². The molecule has 2 saturated heterocycles. The van der Waals surface area contributed by atoms with Gasteiger partial charge in [-0.2, -0.15) is 13.2 Å². The van der Waals surface area contributed by atoms with Crippen molar-refractivity contribution < 1.29 is 13.2 Å². The number of piperidine rings is 1. The number of fused-ring (bicyclic) bond motifs is 2. The second kappa shape index (κ2) is 25.8. The second-order valence-electron chi connectivity index (χ2n) is 17.0. The van der Waals surface area contributed by atoms with Gasteiger partial charge >= 0.3 is 6.18 Å². The van der Waals surface area contributed by atoms with Crippen molar-refractivity contribution >= 4 is 16.6 Å². The molecule has 1 atom stereocenters. The maximum atomic E-state index is 14.6. The summed E-state index contributed by atoms with van der Waals surface area (Å²) < 4.78 is 45.4. The van der Waals surface area contributed by atoms with Gasteiger partial charge in [-0.25, -0.2) is 0 Å². The fourth-order valence-electron chi connectivity index (χ4n) is 8.38. The van der Waals surface area contributed by atoms with Crippen LogP contribution in [0.15, 0.2) is 80.5 Å². The lowest BCUT2D eigenvalue weighted by Crippen LogP contribution is -2.54. The molecule has 9 heteroatoms. The molecule has 0 spiro atoms. The maximum Gasteiger partial charge on any atom is 0.406 e. The zero-order valence-electron chi connectivity index (χ0n) is 38.7. The van der Waals surface area contributed by atoms with Crippen LogP contribution in [-0.4, -0.2) is 66.4 Å². The van der Waals surface area contributed by atoms with Crippen LogP contribution in [0.4, 0.5) is 18.9 Å². The third-order valence-electron chi connectivity index (χ3n) is 10.8. The molecule has 4 heterocycles. The van der Waals surface area contributed by atoms with Crippen LogP contribution in [0, 0.1) is 5.41 Å². The van der Waals surface area contributed by atoms with E-state index in [1.54, 1.807) is 10.6 Å². The topological polar surface area (TPSA) is 76.3 Å². The smallest absolute Gasteiger partial charge is 0.367 e. The predicted molar refractivity (Wildman–Crippen MR) is 255 cm³/mol. The molecule has 60 heavy (non-hydrogen) atoms. The van der Waals surface area contributed by atoms with Crippen molar-refractivity contribution in [3.05, 3.63) is 97.4 Å². The zero-order valence-corrected chi connectivity index (χ0v) is 38.7. The molecule has 334 valence electrons. The van der Waals surface area contributed by atoms with Crippen LogP contribution in [0.2, 0.25) is 0 Å². The van der Waals surface area contributed by atoms with E-state index in [0.717, 1.165) is 104 Å². The van der Waals surface area contributed by atoms with Gasteiger partial charge in [0.05, 0.1) is 23.3 Å². The van der Waals surface area contributed by atoms with E-state index < -0.39 is 12.7 Å². The van der Waals surface area contributed by atoms with Gasteiger partial charge in [-0.05, 0) is 117 Å². The van der Waals surface area contributed by atoms with Crippen LogP contribution >= 0.6 is 0 Å². The second-order valence-corrected chi connectivity index (χ2v) is 17.0. The molecule has 2 fully saturated rings. The molecule has 2 aromatic carbocycles. The number of allylic oxidation sites excluding steroid dienone is 1. The van der Waals surface area contributed by atoms with Crippen molar-refractivity contribution in [1.82, 2.24) is 14.5 Å². The summed E-state index contributed by atoms with van der Waals surface area (Å²) in [5.74, 6) is 0.0395. The third-order valence-corrected chi connectivity index (χ3v) is 10.8. The standard InChI is InChI=1S/C43H58F3N5.C3H6.C2H6.C2H4.CH5N/c1-30(2)40-37(25-35(27-48-40)50-22-21-49-20-11-9-16-34(49)28-50)41-38(26-42(3,4)5)36-24-33(17-18-39(36)51(41)29-43(44,45)46)32-15-12-14-31(23-32)13-8-6-7-10-19-47;1-3-2;3*1-2/h12,14-15,17-18,23-25,27,30,34H,6-11,13,16,19-22,26,28-29,47H2,1-5H3;3H,1H2,2H3;1-2H3;1-2H2;2H2,1H3. The Morgan fingerprint density at radius 1 is 0.900 bits per heavy atom. The first kappa shape index (κ1) is 52.2. The molecule has 0 aliphatic carbocycles. The minimum atomic E-state index is -4.39. The number of pyridine rings is 1. The molecule has 1 unspecified atom stereocenters. The van der Waals surface area contributed by atoms with E-state index in [9.17, 15) is 13.2 Å². The van der Waals surface area contributed by atoms with Crippen LogP contribution in [0.5, 0.6) is 0 Å². The van der Waals surface area contributed by atoms with Crippen molar-refractivity contribution in [1.29, 1.82) is 0 Å². The van der Waals surface area contributed by atoms with Crippen LogP contribution in [0.1, 0.15) is 123 Å². The Labute approximate surface area is 362 Å². The molecule has 4 aromatic rings. The number of piperazine rings is 1. The first-order valence-corrected chi connectivity index (χ1v) is 22.4. The Hall–Kier alpha value is -3.92. The summed E-state index contributed by atoms with van der Waals surface area (Å²) in [6.45, 7) is 29.6. The number of hydrogen-bond acceptors (Lipinski definition) is 5. The molecule has 2 aromatic heterocycles. The molecule has 0 radical (unpaired) electrons. The molecule has 2 aliphatic heterocycles. The molecule has 6 rings (SSSR count). The van der Waals surface area contributed by atoms with Gasteiger partial charge in [-0.15, -0.1) is 19.7 Å². The molecule has 0 amide bonds.